The van der Waals surface area contributed by atoms with Crippen LogP contribution in [0.3, 0.4) is 0 Å². The van der Waals surface area contributed by atoms with Crippen molar-refractivity contribution < 1.29 is 5.11 Å². The quantitative estimate of drug-likeness (QED) is 0.800. The molecule has 2 rings (SSSR count). The van der Waals surface area contributed by atoms with E-state index in [-0.39, 0.29) is 6.61 Å². The standard InChI is InChI=1S/C12H15N3O/c13-11(8-16)12-7-15(9-14-12)6-10-4-2-1-3-5-10/h1-5,7,9,11,16H,6,8,13H2. The molecule has 4 nitrogen and oxygen atoms in total. The molecule has 1 aromatic carbocycles. The second kappa shape index (κ2) is 4.92. The zero-order chi connectivity index (χ0) is 11.4. The van der Waals surface area contributed by atoms with Gasteiger partial charge in [0.05, 0.1) is 24.7 Å². The number of nitrogens with zero attached hydrogens (tertiary/aromatic N) is 2. The maximum atomic E-state index is 8.91. The Kier molecular flexibility index (Phi) is 3.34. The fourth-order valence-corrected chi connectivity index (χ4v) is 1.54. The van der Waals surface area contributed by atoms with Crippen molar-refractivity contribution in [3.05, 3.63) is 54.1 Å². The molecule has 1 aromatic heterocycles. The summed E-state index contributed by atoms with van der Waals surface area (Å²) >= 11 is 0. The molecule has 1 heterocycles. The molecule has 4 heteroatoms. The van der Waals surface area contributed by atoms with Crippen molar-refractivity contribution in [1.82, 2.24) is 9.55 Å². The molecule has 84 valence electrons. The van der Waals surface area contributed by atoms with Crippen molar-refractivity contribution in [1.29, 1.82) is 0 Å². The highest BCUT2D eigenvalue weighted by molar-refractivity contribution is 5.15. The minimum absolute atomic E-state index is 0.0810. The maximum Gasteiger partial charge on any atom is 0.0953 e. The SMILES string of the molecule is NC(CO)c1cn(Cc2ccccc2)cn1. The van der Waals surface area contributed by atoms with E-state index < -0.39 is 6.04 Å². The number of rotatable bonds is 4. The molecule has 1 atom stereocenters. The van der Waals surface area contributed by atoms with Crippen LogP contribution in [0.5, 0.6) is 0 Å². The first kappa shape index (κ1) is 10.9. The van der Waals surface area contributed by atoms with Gasteiger partial charge in [0.15, 0.2) is 0 Å². The molecular weight excluding hydrogens is 202 g/mol. The van der Waals surface area contributed by atoms with E-state index in [9.17, 15) is 0 Å². The first-order valence-electron chi connectivity index (χ1n) is 5.21. The smallest absolute Gasteiger partial charge is 0.0953 e. The lowest BCUT2D eigenvalue weighted by Gasteiger charge is -2.03. The van der Waals surface area contributed by atoms with Gasteiger partial charge in [0.25, 0.3) is 0 Å². The monoisotopic (exact) mass is 217 g/mol. The van der Waals surface area contributed by atoms with E-state index in [1.807, 2.05) is 29.0 Å². The molecule has 0 amide bonds. The topological polar surface area (TPSA) is 64.1 Å². The summed E-state index contributed by atoms with van der Waals surface area (Å²) in [6, 6.07) is 9.73. The average Bonchev–Trinajstić information content (AvgIpc) is 2.78. The van der Waals surface area contributed by atoms with E-state index in [0.717, 1.165) is 12.2 Å². The molecule has 0 saturated carbocycles. The predicted octanol–water partition coefficient (Wildman–Crippen LogP) is 0.923. The number of benzene rings is 1. The van der Waals surface area contributed by atoms with Crippen LogP contribution in [0.1, 0.15) is 17.3 Å². The molecule has 3 N–H and O–H groups in total. The van der Waals surface area contributed by atoms with Crippen LogP contribution in [-0.4, -0.2) is 21.3 Å². The van der Waals surface area contributed by atoms with Gasteiger partial charge in [0.2, 0.25) is 0 Å². The van der Waals surface area contributed by atoms with Crippen molar-refractivity contribution in [2.45, 2.75) is 12.6 Å². The van der Waals surface area contributed by atoms with E-state index in [0.29, 0.717) is 0 Å². The number of aliphatic hydroxyl groups excluding tert-OH is 1. The Bertz CT molecular complexity index is 439. The van der Waals surface area contributed by atoms with Crippen molar-refractivity contribution in [2.75, 3.05) is 6.61 Å². The summed E-state index contributed by atoms with van der Waals surface area (Å²) in [7, 11) is 0. The van der Waals surface area contributed by atoms with Crippen molar-refractivity contribution in [3.63, 3.8) is 0 Å². The predicted molar refractivity (Wildman–Crippen MR) is 61.8 cm³/mol. The molecule has 0 spiro atoms. The third kappa shape index (κ3) is 2.48. The van der Waals surface area contributed by atoms with Crippen molar-refractivity contribution in [3.8, 4) is 0 Å². The highest BCUT2D eigenvalue weighted by atomic mass is 16.3. The zero-order valence-corrected chi connectivity index (χ0v) is 8.95. The number of hydrogen-bond acceptors (Lipinski definition) is 3. The van der Waals surface area contributed by atoms with E-state index in [2.05, 4.69) is 17.1 Å². The van der Waals surface area contributed by atoms with Crippen LogP contribution in [0.25, 0.3) is 0 Å². The molecule has 0 aliphatic heterocycles. The van der Waals surface area contributed by atoms with Gasteiger partial charge in [-0.05, 0) is 5.56 Å². The summed E-state index contributed by atoms with van der Waals surface area (Å²) in [5.74, 6) is 0. The summed E-state index contributed by atoms with van der Waals surface area (Å²) in [5.41, 5.74) is 7.61. The van der Waals surface area contributed by atoms with E-state index >= 15 is 0 Å². The van der Waals surface area contributed by atoms with Crippen molar-refractivity contribution >= 4 is 0 Å². The molecule has 16 heavy (non-hydrogen) atoms. The molecule has 0 saturated heterocycles. The van der Waals surface area contributed by atoms with Crippen LogP contribution >= 0.6 is 0 Å². The number of aromatic nitrogens is 2. The van der Waals surface area contributed by atoms with Gasteiger partial charge in [-0.3, -0.25) is 0 Å². The summed E-state index contributed by atoms with van der Waals surface area (Å²) in [4.78, 5) is 4.16. The van der Waals surface area contributed by atoms with Gasteiger partial charge in [-0.1, -0.05) is 30.3 Å². The third-order valence-electron chi connectivity index (χ3n) is 2.44. The second-order valence-corrected chi connectivity index (χ2v) is 3.75. The molecule has 0 bridgehead atoms. The molecular formula is C12H15N3O. The molecule has 0 aliphatic rings. The highest BCUT2D eigenvalue weighted by Crippen LogP contribution is 2.08. The molecule has 0 aliphatic carbocycles. The number of nitrogens with two attached hydrogens (primary N) is 1. The fourth-order valence-electron chi connectivity index (χ4n) is 1.54. The minimum Gasteiger partial charge on any atom is -0.394 e. The first-order valence-corrected chi connectivity index (χ1v) is 5.21. The lowest BCUT2D eigenvalue weighted by atomic mass is 10.2. The number of imidazole rings is 1. The van der Waals surface area contributed by atoms with Crippen LogP contribution in [0.4, 0.5) is 0 Å². The van der Waals surface area contributed by atoms with Crippen LogP contribution in [-0.2, 0) is 6.54 Å². The lowest BCUT2D eigenvalue weighted by molar-refractivity contribution is 0.266. The van der Waals surface area contributed by atoms with Crippen LogP contribution in [0, 0.1) is 0 Å². The normalized spacial score (nSPS) is 12.6. The maximum absolute atomic E-state index is 8.91. The van der Waals surface area contributed by atoms with Gasteiger partial charge in [0.1, 0.15) is 0 Å². The largest absolute Gasteiger partial charge is 0.394 e. The summed E-state index contributed by atoms with van der Waals surface area (Å²) < 4.78 is 1.96. The van der Waals surface area contributed by atoms with Crippen LogP contribution in [0.15, 0.2) is 42.9 Å². The van der Waals surface area contributed by atoms with Gasteiger partial charge >= 0.3 is 0 Å². The lowest BCUT2D eigenvalue weighted by Crippen LogP contribution is -2.14. The van der Waals surface area contributed by atoms with Gasteiger partial charge in [-0.15, -0.1) is 0 Å². The number of hydrogen-bond donors (Lipinski definition) is 2. The Morgan fingerprint density at radius 1 is 1.31 bits per heavy atom. The van der Waals surface area contributed by atoms with E-state index in [1.165, 1.54) is 5.56 Å². The summed E-state index contributed by atoms with van der Waals surface area (Å²) in [5, 5.41) is 8.91. The third-order valence-corrected chi connectivity index (χ3v) is 2.44. The van der Waals surface area contributed by atoms with E-state index in [1.54, 1.807) is 6.33 Å². The first-order chi connectivity index (χ1) is 7.79. The minimum atomic E-state index is -0.392. The van der Waals surface area contributed by atoms with Gasteiger partial charge < -0.3 is 15.4 Å². The highest BCUT2D eigenvalue weighted by Gasteiger charge is 2.07. The van der Waals surface area contributed by atoms with Crippen LogP contribution in [0.2, 0.25) is 0 Å². The molecule has 1 unspecified atom stereocenters. The Labute approximate surface area is 94.4 Å². The molecule has 0 radical (unpaired) electrons. The Morgan fingerprint density at radius 2 is 2.06 bits per heavy atom. The zero-order valence-electron chi connectivity index (χ0n) is 8.95. The summed E-state index contributed by atoms with van der Waals surface area (Å²) in [6.45, 7) is 0.689. The average molecular weight is 217 g/mol. The van der Waals surface area contributed by atoms with Crippen LogP contribution < -0.4 is 5.73 Å². The van der Waals surface area contributed by atoms with Gasteiger partial charge in [-0.25, -0.2) is 4.98 Å². The fraction of sp³-hybridized carbons (Fsp3) is 0.250. The van der Waals surface area contributed by atoms with Gasteiger partial charge in [-0.2, -0.15) is 0 Å². The Morgan fingerprint density at radius 3 is 2.75 bits per heavy atom. The molecule has 2 aromatic rings. The van der Waals surface area contributed by atoms with Crippen molar-refractivity contribution in [2.24, 2.45) is 5.73 Å². The summed E-state index contributed by atoms with van der Waals surface area (Å²) in [6.07, 6.45) is 3.60. The number of aliphatic hydroxyl groups is 1. The molecule has 0 fully saturated rings. The Hall–Kier alpha value is -1.65. The second-order valence-electron chi connectivity index (χ2n) is 3.75. The van der Waals surface area contributed by atoms with E-state index in [4.69, 9.17) is 10.8 Å². The Balaban J connectivity index is 2.09. The van der Waals surface area contributed by atoms with Gasteiger partial charge in [0, 0.05) is 12.7 Å².